The number of likely N-dealkylation sites (tertiary alicyclic amines) is 1. The number of ketones is 1. The zero-order valence-electron chi connectivity index (χ0n) is 23.3. The predicted molar refractivity (Wildman–Crippen MR) is 150 cm³/mol. The van der Waals surface area contributed by atoms with E-state index in [1.807, 2.05) is 24.3 Å². The number of nitrogens with one attached hydrogen (secondary N) is 2. The number of Topliss-reactive ketones (excluding diaryl/α,β-unsaturated/α-hetero) is 1. The summed E-state index contributed by atoms with van der Waals surface area (Å²) in [6.07, 6.45) is 2.95. The lowest BCUT2D eigenvalue weighted by atomic mass is 9.71. The average molecular weight is 573 g/mol. The Hall–Kier alpha value is -4.47. The lowest BCUT2D eigenvalue weighted by molar-refractivity contribution is -0.160. The minimum atomic E-state index is -1.29. The number of piperidine rings is 1. The molecule has 3 amide bonds. The number of carbonyl (C=O) groups is 4. The molecule has 10 heteroatoms. The van der Waals surface area contributed by atoms with Crippen LogP contribution >= 0.6 is 0 Å². The molecule has 1 spiro atoms. The number of anilines is 2. The molecule has 0 radical (unpaired) electrons. The molecule has 0 bridgehead atoms. The van der Waals surface area contributed by atoms with Gasteiger partial charge in [0.1, 0.15) is 29.4 Å². The molecule has 216 valence electrons. The maximum Gasteiger partial charge on any atom is 0.244 e. The van der Waals surface area contributed by atoms with Crippen molar-refractivity contribution in [3.8, 4) is 0 Å². The Labute approximate surface area is 241 Å². The normalized spacial score (nSPS) is 22.2. The summed E-state index contributed by atoms with van der Waals surface area (Å²) >= 11 is 0. The monoisotopic (exact) mass is 572 g/mol. The first-order valence-electron chi connectivity index (χ1n) is 14.1. The van der Waals surface area contributed by atoms with E-state index >= 15 is 0 Å². The van der Waals surface area contributed by atoms with Crippen molar-refractivity contribution < 1.29 is 28.0 Å². The van der Waals surface area contributed by atoms with E-state index < -0.39 is 46.9 Å². The number of halogens is 2. The number of rotatable bonds is 6. The zero-order valence-corrected chi connectivity index (χ0v) is 23.3. The third kappa shape index (κ3) is 4.28. The summed E-state index contributed by atoms with van der Waals surface area (Å²) < 4.78 is 28.3. The van der Waals surface area contributed by atoms with Gasteiger partial charge < -0.3 is 15.5 Å². The minimum Gasteiger partial charge on any atom is -0.325 e. The summed E-state index contributed by atoms with van der Waals surface area (Å²) in [7, 11) is 0. The number of carbonyl (C=O) groups excluding carboxylic acids is 4. The van der Waals surface area contributed by atoms with Gasteiger partial charge in [0.25, 0.3) is 0 Å². The van der Waals surface area contributed by atoms with Gasteiger partial charge in [0, 0.05) is 29.9 Å². The standard InChI is InChI=1S/C32H30F2N4O4/c1-3-31(4-2)26(39)14-25(19-10-21(33)13-22(34)11-19)38(30(31)42)17-27(40)36-23-8-7-18-15-32(16-20(18)12-23)24-6-5-9-35-28(24)37-29(32)41/h5-13,25H,3-4,14-17H2,1-2H3,(H,36,40)(H,35,37,41)/t25-,32-/m1/s1. The lowest BCUT2D eigenvalue weighted by Crippen LogP contribution is -2.56. The maximum atomic E-state index is 14.1. The molecule has 2 N–H and O–H groups in total. The van der Waals surface area contributed by atoms with Gasteiger partial charge in [-0.05, 0) is 72.7 Å². The number of hydrogen-bond donors (Lipinski definition) is 2. The smallest absolute Gasteiger partial charge is 0.244 e. The number of benzene rings is 2. The van der Waals surface area contributed by atoms with Gasteiger partial charge in [0.15, 0.2) is 5.78 Å². The lowest BCUT2D eigenvalue weighted by Gasteiger charge is -2.44. The van der Waals surface area contributed by atoms with Crippen LogP contribution in [0.3, 0.4) is 0 Å². The first-order valence-corrected chi connectivity index (χ1v) is 14.1. The quantitative estimate of drug-likeness (QED) is 0.419. The van der Waals surface area contributed by atoms with Gasteiger partial charge in [-0.25, -0.2) is 13.8 Å². The highest BCUT2D eigenvalue weighted by molar-refractivity contribution is 6.10. The number of hydrogen-bond acceptors (Lipinski definition) is 5. The molecule has 0 saturated carbocycles. The second kappa shape index (κ2) is 10.1. The van der Waals surface area contributed by atoms with E-state index in [4.69, 9.17) is 0 Å². The molecule has 1 aliphatic carbocycles. The van der Waals surface area contributed by atoms with Crippen LogP contribution < -0.4 is 10.6 Å². The van der Waals surface area contributed by atoms with Crippen molar-refractivity contribution in [2.75, 3.05) is 17.2 Å². The molecule has 2 aromatic carbocycles. The van der Waals surface area contributed by atoms with Crippen LogP contribution in [0.5, 0.6) is 0 Å². The van der Waals surface area contributed by atoms with Crippen LogP contribution in [0.1, 0.15) is 61.4 Å². The van der Waals surface area contributed by atoms with Crippen molar-refractivity contribution in [2.24, 2.45) is 5.41 Å². The largest absolute Gasteiger partial charge is 0.325 e. The first kappa shape index (κ1) is 27.7. The van der Waals surface area contributed by atoms with Gasteiger partial charge in [0.05, 0.1) is 11.5 Å². The molecule has 1 fully saturated rings. The van der Waals surface area contributed by atoms with Gasteiger partial charge in [-0.15, -0.1) is 0 Å². The molecule has 3 heterocycles. The van der Waals surface area contributed by atoms with Gasteiger partial charge in [-0.3, -0.25) is 19.2 Å². The van der Waals surface area contributed by atoms with E-state index in [2.05, 4.69) is 15.6 Å². The van der Waals surface area contributed by atoms with E-state index in [9.17, 15) is 28.0 Å². The zero-order chi connectivity index (χ0) is 29.8. The predicted octanol–water partition coefficient (Wildman–Crippen LogP) is 4.64. The van der Waals surface area contributed by atoms with E-state index in [1.54, 1.807) is 26.1 Å². The summed E-state index contributed by atoms with van der Waals surface area (Å²) in [5.74, 6) is -2.54. The highest BCUT2D eigenvalue weighted by Gasteiger charge is 2.52. The summed E-state index contributed by atoms with van der Waals surface area (Å²) in [4.78, 5) is 58.9. The highest BCUT2D eigenvalue weighted by Crippen LogP contribution is 2.47. The molecule has 2 atom stereocenters. The maximum absolute atomic E-state index is 14.1. The second-order valence-corrected chi connectivity index (χ2v) is 11.4. The number of amides is 3. The van der Waals surface area contributed by atoms with Crippen LogP contribution in [-0.2, 0) is 37.4 Å². The SMILES string of the molecule is CCC1(CC)C(=O)C[C@H](c2cc(F)cc(F)c2)N(CC(=O)Nc2ccc3c(c2)C[C@@]2(C3)C(=O)Nc3ncccc32)C1=O. The Balaban J connectivity index is 1.25. The van der Waals surface area contributed by atoms with Crippen LogP contribution in [0.25, 0.3) is 0 Å². The fraction of sp³-hybridized carbons (Fsp3) is 0.344. The summed E-state index contributed by atoms with van der Waals surface area (Å²) in [6, 6.07) is 11.1. The molecule has 42 heavy (non-hydrogen) atoms. The van der Waals surface area contributed by atoms with E-state index in [0.29, 0.717) is 24.3 Å². The van der Waals surface area contributed by atoms with Crippen molar-refractivity contribution in [3.63, 3.8) is 0 Å². The molecular formula is C32H30F2N4O4. The summed E-state index contributed by atoms with van der Waals surface area (Å²) in [5.41, 5.74) is 1.33. The molecule has 8 nitrogen and oxygen atoms in total. The van der Waals surface area contributed by atoms with Crippen LogP contribution in [0.2, 0.25) is 0 Å². The number of aromatic nitrogens is 1. The van der Waals surface area contributed by atoms with E-state index in [0.717, 1.165) is 34.9 Å². The van der Waals surface area contributed by atoms with Crippen molar-refractivity contribution >= 4 is 35.0 Å². The Bertz CT molecular complexity index is 1630. The third-order valence-corrected chi connectivity index (χ3v) is 9.21. The van der Waals surface area contributed by atoms with Gasteiger partial charge >= 0.3 is 0 Å². The molecule has 2 aliphatic heterocycles. The Morgan fingerprint density at radius 2 is 1.74 bits per heavy atom. The van der Waals surface area contributed by atoms with Crippen LogP contribution in [-0.4, -0.2) is 39.9 Å². The second-order valence-electron chi connectivity index (χ2n) is 11.4. The fourth-order valence-electron chi connectivity index (χ4n) is 6.91. The third-order valence-electron chi connectivity index (χ3n) is 9.21. The first-order chi connectivity index (χ1) is 20.1. The Morgan fingerprint density at radius 3 is 2.45 bits per heavy atom. The number of nitrogens with zero attached hydrogens (tertiary/aromatic N) is 2. The Kier molecular flexibility index (Phi) is 6.67. The van der Waals surface area contributed by atoms with Gasteiger partial charge in [-0.2, -0.15) is 0 Å². The number of pyridine rings is 1. The van der Waals surface area contributed by atoms with Gasteiger partial charge in [-0.1, -0.05) is 26.0 Å². The van der Waals surface area contributed by atoms with Gasteiger partial charge in [0.2, 0.25) is 17.7 Å². The highest BCUT2D eigenvalue weighted by atomic mass is 19.1. The van der Waals surface area contributed by atoms with Crippen molar-refractivity contribution in [3.05, 3.63) is 88.6 Å². The Morgan fingerprint density at radius 1 is 1.02 bits per heavy atom. The van der Waals surface area contributed by atoms with Crippen molar-refractivity contribution in [1.29, 1.82) is 0 Å². The molecule has 1 saturated heterocycles. The molecule has 1 aromatic heterocycles. The van der Waals surface area contributed by atoms with Crippen molar-refractivity contribution in [1.82, 2.24) is 9.88 Å². The molecular weight excluding hydrogens is 542 g/mol. The topological polar surface area (TPSA) is 108 Å². The molecule has 3 aliphatic rings. The van der Waals surface area contributed by atoms with Crippen LogP contribution in [0.4, 0.5) is 20.3 Å². The van der Waals surface area contributed by atoms with E-state index in [1.165, 1.54) is 4.90 Å². The molecule has 3 aromatic rings. The van der Waals surface area contributed by atoms with E-state index in [-0.39, 0.29) is 36.5 Å². The number of fused-ring (bicyclic) bond motifs is 3. The summed E-state index contributed by atoms with van der Waals surface area (Å²) in [5, 5.41) is 5.72. The summed E-state index contributed by atoms with van der Waals surface area (Å²) in [6.45, 7) is 3.09. The van der Waals surface area contributed by atoms with Crippen LogP contribution in [0.15, 0.2) is 54.7 Å². The fourth-order valence-corrected chi connectivity index (χ4v) is 6.91. The van der Waals surface area contributed by atoms with Crippen molar-refractivity contribution in [2.45, 2.75) is 57.4 Å². The average Bonchev–Trinajstić information content (AvgIpc) is 3.47. The van der Waals surface area contributed by atoms with Crippen LogP contribution in [0, 0.1) is 17.0 Å². The molecule has 0 unspecified atom stereocenters. The minimum absolute atomic E-state index is 0.105. The molecule has 6 rings (SSSR count).